The van der Waals surface area contributed by atoms with Crippen molar-refractivity contribution >= 4 is 32.9 Å². The first-order valence-electron chi connectivity index (χ1n) is 9.02. The van der Waals surface area contributed by atoms with Crippen molar-refractivity contribution in [2.24, 2.45) is 4.36 Å². The molecule has 0 saturated carbocycles. The lowest BCUT2D eigenvalue weighted by molar-refractivity contribution is -0.152. The Morgan fingerprint density at radius 3 is 2.85 bits per heavy atom. The van der Waals surface area contributed by atoms with E-state index in [1.807, 2.05) is 4.90 Å². The third kappa shape index (κ3) is 4.50. The monoisotopic (exact) mass is 399 g/mol. The number of unbranched alkanes of at least 4 members (excludes halogenated alkanes) is 1. The van der Waals surface area contributed by atoms with Gasteiger partial charge in [0.1, 0.15) is 4.88 Å². The van der Waals surface area contributed by atoms with E-state index in [9.17, 15) is 13.8 Å². The van der Waals surface area contributed by atoms with Gasteiger partial charge >= 0.3 is 0 Å². The molecule has 1 aromatic rings. The molecule has 2 fully saturated rings. The normalized spacial score (nSPS) is 28.9. The molecule has 2 saturated heterocycles. The van der Waals surface area contributed by atoms with Crippen LogP contribution in [0.15, 0.2) is 16.1 Å². The van der Waals surface area contributed by atoms with E-state index < -0.39 is 21.2 Å². The largest absolute Gasteiger partial charge is 0.371 e. The number of morpholine rings is 1. The Hall–Kier alpha value is -1.32. The van der Waals surface area contributed by atoms with Crippen molar-refractivity contribution in [2.75, 3.05) is 31.2 Å². The highest BCUT2D eigenvalue weighted by Crippen LogP contribution is 2.32. The van der Waals surface area contributed by atoms with Crippen LogP contribution >= 0.6 is 11.3 Å². The average molecular weight is 400 g/mol. The number of hydrogen-bond donors (Lipinski definition) is 0. The summed E-state index contributed by atoms with van der Waals surface area (Å²) >= 11 is 1.20. The number of carbonyl (C=O) groups is 2. The third-order valence-corrected chi connectivity index (χ3v) is 7.93. The first kappa shape index (κ1) is 19.4. The molecule has 0 aliphatic carbocycles. The summed E-state index contributed by atoms with van der Waals surface area (Å²) in [5.74, 6) is 0.378. The fourth-order valence-electron chi connectivity index (χ4n) is 3.37. The Morgan fingerprint density at radius 2 is 2.19 bits per heavy atom. The SMILES string of the molecule is CCCCC(=O)N1CCOC2(CCS(=O)(=NC(=O)c3cncs3)CC2)C1. The molecule has 1 spiro atoms. The number of hydrogen-bond acceptors (Lipinski definition) is 6. The van der Waals surface area contributed by atoms with Crippen LogP contribution in [-0.2, 0) is 19.3 Å². The maximum Gasteiger partial charge on any atom is 0.296 e. The predicted octanol–water partition coefficient (Wildman–Crippen LogP) is 2.33. The summed E-state index contributed by atoms with van der Waals surface area (Å²) in [4.78, 5) is 30.6. The van der Waals surface area contributed by atoms with E-state index in [4.69, 9.17) is 4.74 Å². The minimum atomic E-state index is -2.57. The summed E-state index contributed by atoms with van der Waals surface area (Å²) in [6.07, 6.45) is 5.04. The van der Waals surface area contributed by atoms with Gasteiger partial charge in [0.15, 0.2) is 0 Å². The van der Waals surface area contributed by atoms with Crippen LogP contribution in [0.4, 0.5) is 0 Å². The van der Waals surface area contributed by atoms with Crippen LogP contribution in [0.2, 0.25) is 0 Å². The van der Waals surface area contributed by atoms with E-state index >= 15 is 0 Å². The van der Waals surface area contributed by atoms with E-state index in [2.05, 4.69) is 16.3 Å². The molecule has 0 aromatic carbocycles. The van der Waals surface area contributed by atoms with Gasteiger partial charge in [0.25, 0.3) is 5.91 Å². The summed E-state index contributed by atoms with van der Waals surface area (Å²) in [7, 11) is -2.57. The Balaban J connectivity index is 1.64. The summed E-state index contributed by atoms with van der Waals surface area (Å²) in [5, 5.41) is 0. The molecular formula is C17H25N3O4S2. The lowest BCUT2D eigenvalue weighted by Gasteiger charge is -2.45. The molecule has 0 N–H and O–H groups in total. The highest BCUT2D eigenvalue weighted by molar-refractivity contribution is 7.93. The van der Waals surface area contributed by atoms with Gasteiger partial charge in [-0.15, -0.1) is 11.3 Å². The van der Waals surface area contributed by atoms with Crippen LogP contribution in [0.5, 0.6) is 0 Å². The first-order chi connectivity index (χ1) is 12.5. The van der Waals surface area contributed by atoms with Crippen molar-refractivity contribution < 1.29 is 18.5 Å². The molecule has 26 heavy (non-hydrogen) atoms. The second-order valence-electron chi connectivity index (χ2n) is 6.89. The average Bonchev–Trinajstić information content (AvgIpc) is 3.18. The van der Waals surface area contributed by atoms with Crippen LogP contribution in [0.3, 0.4) is 0 Å². The van der Waals surface area contributed by atoms with Gasteiger partial charge in [-0.2, -0.15) is 4.36 Å². The minimum absolute atomic E-state index is 0.172. The predicted molar refractivity (Wildman–Crippen MR) is 101 cm³/mol. The highest BCUT2D eigenvalue weighted by atomic mass is 32.2. The third-order valence-electron chi connectivity index (χ3n) is 4.99. The number of amides is 2. The molecule has 144 valence electrons. The number of thiazole rings is 1. The Morgan fingerprint density at radius 1 is 1.42 bits per heavy atom. The maximum absolute atomic E-state index is 13.0. The van der Waals surface area contributed by atoms with Gasteiger partial charge in [0.05, 0.1) is 33.6 Å². The zero-order chi connectivity index (χ0) is 18.6. The smallest absolute Gasteiger partial charge is 0.296 e. The number of rotatable bonds is 4. The van der Waals surface area contributed by atoms with Gasteiger partial charge in [-0.1, -0.05) is 13.3 Å². The molecule has 2 aliphatic rings. The van der Waals surface area contributed by atoms with E-state index in [0.717, 1.165) is 12.8 Å². The number of aromatic nitrogens is 1. The molecule has 0 atom stereocenters. The zero-order valence-electron chi connectivity index (χ0n) is 15.0. The summed E-state index contributed by atoms with van der Waals surface area (Å²) in [5.41, 5.74) is 1.12. The molecule has 7 nitrogen and oxygen atoms in total. The van der Waals surface area contributed by atoms with Crippen LogP contribution < -0.4 is 0 Å². The van der Waals surface area contributed by atoms with Crippen molar-refractivity contribution in [3.63, 3.8) is 0 Å². The number of carbonyl (C=O) groups excluding carboxylic acids is 2. The van der Waals surface area contributed by atoms with Gasteiger partial charge in [0.2, 0.25) is 5.91 Å². The van der Waals surface area contributed by atoms with E-state index in [0.29, 0.717) is 55.3 Å². The minimum Gasteiger partial charge on any atom is -0.371 e. The molecule has 2 aliphatic heterocycles. The molecule has 3 rings (SSSR count). The van der Waals surface area contributed by atoms with E-state index in [1.54, 1.807) is 5.51 Å². The summed E-state index contributed by atoms with van der Waals surface area (Å²) in [6.45, 7) is 3.75. The number of nitrogens with zero attached hydrogens (tertiary/aromatic N) is 3. The van der Waals surface area contributed by atoms with Crippen molar-refractivity contribution in [2.45, 2.75) is 44.6 Å². The fourth-order valence-corrected chi connectivity index (χ4v) is 6.10. The molecule has 0 radical (unpaired) electrons. The molecule has 2 amide bonds. The van der Waals surface area contributed by atoms with Crippen LogP contribution in [0.25, 0.3) is 0 Å². The molecule has 0 bridgehead atoms. The molecule has 1 aromatic heterocycles. The van der Waals surface area contributed by atoms with Gasteiger partial charge in [-0.25, -0.2) is 4.21 Å². The van der Waals surface area contributed by atoms with Crippen molar-refractivity contribution in [1.29, 1.82) is 0 Å². The van der Waals surface area contributed by atoms with E-state index in [-0.39, 0.29) is 5.91 Å². The van der Waals surface area contributed by atoms with Gasteiger partial charge in [-0.3, -0.25) is 14.6 Å². The van der Waals surface area contributed by atoms with Crippen LogP contribution in [0.1, 0.15) is 48.7 Å². The lowest BCUT2D eigenvalue weighted by atomic mass is 9.94. The summed E-state index contributed by atoms with van der Waals surface area (Å²) < 4.78 is 23.0. The fraction of sp³-hybridized carbons (Fsp3) is 0.706. The topological polar surface area (TPSA) is 88.9 Å². The van der Waals surface area contributed by atoms with Gasteiger partial charge in [0, 0.05) is 31.0 Å². The lowest BCUT2D eigenvalue weighted by Crippen LogP contribution is -2.56. The first-order valence-corrected chi connectivity index (χ1v) is 11.8. The van der Waals surface area contributed by atoms with Gasteiger partial charge < -0.3 is 9.64 Å². The quantitative estimate of drug-likeness (QED) is 0.775. The Bertz CT molecular complexity index is 755. The molecular weight excluding hydrogens is 374 g/mol. The van der Waals surface area contributed by atoms with E-state index in [1.165, 1.54) is 17.5 Å². The van der Waals surface area contributed by atoms with Crippen molar-refractivity contribution in [3.05, 3.63) is 16.6 Å². The van der Waals surface area contributed by atoms with Crippen LogP contribution in [0, 0.1) is 0 Å². The highest BCUT2D eigenvalue weighted by Gasteiger charge is 2.42. The van der Waals surface area contributed by atoms with Crippen molar-refractivity contribution in [1.82, 2.24) is 9.88 Å². The standard InChI is InChI=1S/C17H25N3O4S2/c1-2-3-4-15(21)20-7-8-24-17(12-20)5-9-26(23,10-6-17)19-16(22)14-11-18-13-25-14/h11,13H,2-10,12H2,1H3. The molecule has 3 heterocycles. The Labute approximate surface area is 158 Å². The van der Waals surface area contributed by atoms with Crippen molar-refractivity contribution in [3.8, 4) is 0 Å². The summed E-state index contributed by atoms with van der Waals surface area (Å²) in [6, 6.07) is 0. The van der Waals surface area contributed by atoms with Gasteiger partial charge in [-0.05, 0) is 19.3 Å². The molecule has 9 heteroatoms. The zero-order valence-corrected chi connectivity index (χ0v) is 16.6. The second-order valence-corrected chi connectivity index (χ2v) is 10.3. The van der Waals surface area contributed by atoms with Crippen LogP contribution in [-0.4, -0.2) is 62.7 Å². The Kier molecular flexibility index (Phi) is 6.09. The molecule has 0 unspecified atom stereocenters. The number of ether oxygens (including phenoxy) is 1. The second kappa shape index (κ2) is 8.14. The maximum atomic E-state index is 13.0.